The third kappa shape index (κ3) is 1.14. The summed E-state index contributed by atoms with van der Waals surface area (Å²) >= 11 is 0. The lowest BCUT2D eigenvalue weighted by molar-refractivity contribution is -0.145. The minimum atomic E-state index is -0.864. The van der Waals surface area contributed by atoms with Crippen LogP contribution in [0.1, 0.15) is 19.8 Å². The maximum absolute atomic E-state index is 10.4. The van der Waals surface area contributed by atoms with Gasteiger partial charge in [0.2, 0.25) is 0 Å². The lowest BCUT2D eigenvalue weighted by atomic mass is 10.0. The molecule has 1 fully saturated rings. The van der Waals surface area contributed by atoms with Crippen molar-refractivity contribution in [2.24, 2.45) is 11.8 Å². The number of carboxylic acid groups (broad SMARTS) is 1. The van der Waals surface area contributed by atoms with Gasteiger partial charge in [-0.15, -0.1) is 0 Å². The molecule has 0 aromatic rings. The molecule has 0 saturated heterocycles. The molecule has 1 aliphatic carbocycles. The maximum Gasteiger partial charge on any atom is 0.309 e. The first-order valence-electron chi connectivity index (χ1n) is 3.54. The molecule has 0 aliphatic heterocycles. The van der Waals surface area contributed by atoms with Crippen molar-refractivity contribution in [3.63, 3.8) is 0 Å². The van der Waals surface area contributed by atoms with Gasteiger partial charge in [-0.05, 0) is 18.8 Å². The van der Waals surface area contributed by atoms with Crippen LogP contribution in [0, 0.1) is 11.8 Å². The fraction of sp³-hybridized carbons (Fsp3) is 0.857. The molecule has 58 valence electrons. The lowest BCUT2D eigenvalue weighted by Gasteiger charge is -2.11. The molecule has 0 heterocycles. The molecule has 3 heteroatoms. The van der Waals surface area contributed by atoms with Gasteiger partial charge in [-0.2, -0.15) is 0 Å². The van der Waals surface area contributed by atoms with Crippen molar-refractivity contribution in [2.75, 3.05) is 0 Å². The summed E-state index contributed by atoms with van der Waals surface area (Å²) in [7, 11) is 0. The molecule has 3 nitrogen and oxygen atoms in total. The zero-order valence-corrected chi connectivity index (χ0v) is 5.95. The Kier molecular flexibility index (Phi) is 1.94. The highest BCUT2D eigenvalue weighted by molar-refractivity contribution is 5.71. The van der Waals surface area contributed by atoms with Gasteiger partial charge in [-0.25, -0.2) is 0 Å². The molecule has 2 unspecified atom stereocenters. The molecule has 0 spiro atoms. The van der Waals surface area contributed by atoms with Gasteiger partial charge in [-0.1, -0.05) is 6.92 Å². The average Bonchev–Trinajstić information content (AvgIpc) is 2.14. The van der Waals surface area contributed by atoms with Gasteiger partial charge in [0.25, 0.3) is 0 Å². The third-order valence-electron chi connectivity index (χ3n) is 2.25. The Balaban J connectivity index is 2.57. The van der Waals surface area contributed by atoms with Crippen molar-refractivity contribution in [3.8, 4) is 0 Å². The number of hydrogen-bond donors (Lipinski definition) is 2. The summed E-state index contributed by atoms with van der Waals surface area (Å²) in [6, 6.07) is 0. The number of carbonyl (C=O) groups is 1. The minimum Gasteiger partial charge on any atom is -0.481 e. The first kappa shape index (κ1) is 7.54. The number of carboxylic acids is 1. The first-order valence-corrected chi connectivity index (χ1v) is 3.54. The average molecular weight is 144 g/mol. The van der Waals surface area contributed by atoms with E-state index in [4.69, 9.17) is 5.11 Å². The quantitative estimate of drug-likeness (QED) is 0.562. The highest BCUT2D eigenvalue weighted by Gasteiger charge is 2.36. The number of rotatable bonds is 1. The van der Waals surface area contributed by atoms with E-state index in [1.165, 1.54) is 0 Å². The number of aliphatic carboxylic acids is 1. The molecular formula is C7H12O3. The Morgan fingerprint density at radius 1 is 1.50 bits per heavy atom. The highest BCUT2D eigenvalue weighted by Crippen LogP contribution is 2.30. The van der Waals surface area contributed by atoms with Crippen LogP contribution in [-0.4, -0.2) is 22.3 Å². The van der Waals surface area contributed by atoms with Crippen molar-refractivity contribution in [3.05, 3.63) is 0 Å². The number of hydrogen-bond acceptors (Lipinski definition) is 2. The second kappa shape index (κ2) is 2.58. The van der Waals surface area contributed by atoms with Crippen LogP contribution in [0.5, 0.6) is 0 Å². The molecule has 1 saturated carbocycles. The van der Waals surface area contributed by atoms with E-state index in [1.54, 1.807) is 0 Å². The normalized spacial score (nSPS) is 40.0. The Morgan fingerprint density at radius 3 is 2.30 bits per heavy atom. The van der Waals surface area contributed by atoms with E-state index in [0.717, 1.165) is 6.42 Å². The van der Waals surface area contributed by atoms with Crippen molar-refractivity contribution in [1.29, 1.82) is 0 Å². The molecule has 0 aromatic heterocycles. The Morgan fingerprint density at radius 2 is 2.10 bits per heavy atom. The molecule has 0 aromatic carbocycles. The molecule has 0 bridgehead atoms. The summed E-state index contributed by atoms with van der Waals surface area (Å²) in [6.45, 7) is 1.88. The van der Waals surface area contributed by atoms with Gasteiger partial charge in [0, 0.05) is 0 Å². The molecule has 0 amide bonds. The Labute approximate surface area is 59.7 Å². The molecule has 1 rings (SSSR count). The number of aliphatic hydroxyl groups is 1. The molecule has 10 heavy (non-hydrogen) atoms. The van der Waals surface area contributed by atoms with Crippen LogP contribution < -0.4 is 0 Å². The van der Waals surface area contributed by atoms with Crippen molar-refractivity contribution < 1.29 is 15.0 Å². The molecule has 3 atom stereocenters. The summed E-state index contributed by atoms with van der Waals surface area (Å²) in [5, 5.41) is 17.8. The van der Waals surface area contributed by atoms with E-state index < -0.39 is 18.0 Å². The van der Waals surface area contributed by atoms with Crippen LogP contribution in [0.2, 0.25) is 0 Å². The van der Waals surface area contributed by atoms with E-state index in [9.17, 15) is 9.90 Å². The van der Waals surface area contributed by atoms with Gasteiger partial charge in [-0.3, -0.25) is 4.79 Å². The first-order chi connectivity index (χ1) is 4.63. The second-order valence-electron chi connectivity index (χ2n) is 2.99. The zero-order valence-electron chi connectivity index (χ0n) is 5.95. The van der Waals surface area contributed by atoms with Crippen LogP contribution in [0.3, 0.4) is 0 Å². The SMILES string of the molecule is CC1CC[C@H](C(=O)O)C1O. The van der Waals surface area contributed by atoms with E-state index >= 15 is 0 Å². The standard InChI is InChI=1S/C7H12O3/c1-4-2-3-5(6(4)8)7(9)10/h4-6,8H,2-3H2,1H3,(H,9,10)/t4?,5-,6?/m0/s1. The third-order valence-corrected chi connectivity index (χ3v) is 2.25. The van der Waals surface area contributed by atoms with Crippen LogP contribution >= 0.6 is 0 Å². The lowest BCUT2D eigenvalue weighted by Crippen LogP contribution is -2.25. The molecule has 0 radical (unpaired) electrons. The molecule has 1 aliphatic rings. The maximum atomic E-state index is 10.4. The van der Waals surface area contributed by atoms with Crippen molar-refractivity contribution >= 4 is 5.97 Å². The fourth-order valence-corrected chi connectivity index (χ4v) is 1.45. The van der Waals surface area contributed by atoms with Gasteiger partial charge in [0.05, 0.1) is 12.0 Å². The van der Waals surface area contributed by atoms with E-state index in [0.29, 0.717) is 6.42 Å². The van der Waals surface area contributed by atoms with Crippen LogP contribution in [0.4, 0.5) is 0 Å². The predicted octanol–water partition coefficient (Wildman–Crippen LogP) is 0.478. The van der Waals surface area contributed by atoms with Gasteiger partial charge in [0.15, 0.2) is 0 Å². The van der Waals surface area contributed by atoms with Gasteiger partial charge < -0.3 is 10.2 Å². The minimum absolute atomic E-state index is 0.154. The number of aliphatic hydroxyl groups excluding tert-OH is 1. The summed E-state index contributed by atoms with van der Waals surface area (Å²) in [4.78, 5) is 10.4. The van der Waals surface area contributed by atoms with Crippen molar-refractivity contribution in [1.82, 2.24) is 0 Å². The zero-order chi connectivity index (χ0) is 7.72. The Bertz CT molecular complexity index is 144. The second-order valence-corrected chi connectivity index (χ2v) is 2.99. The van der Waals surface area contributed by atoms with Crippen LogP contribution in [-0.2, 0) is 4.79 Å². The van der Waals surface area contributed by atoms with Gasteiger partial charge in [0.1, 0.15) is 0 Å². The van der Waals surface area contributed by atoms with E-state index in [-0.39, 0.29) is 5.92 Å². The van der Waals surface area contributed by atoms with E-state index in [2.05, 4.69) is 0 Å². The van der Waals surface area contributed by atoms with Crippen LogP contribution in [0.15, 0.2) is 0 Å². The summed E-state index contributed by atoms with van der Waals surface area (Å²) < 4.78 is 0. The van der Waals surface area contributed by atoms with Gasteiger partial charge >= 0.3 is 5.97 Å². The summed E-state index contributed by atoms with van der Waals surface area (Å²) in [5.41, 5.74) is 0. The highest BCUT2D eigenvalue weighted by atomic mass is 16.4. The Hall–Kier alpha value is -0.570. The molecule has 2 N–H and O–H groups in total. The summed E-state index contributed by atoms with van der Waals surface area (Å²) in [5.74, 6) is -1.23. The monoisotopic (exact) mass is 144 g/mol. The van der Waals surface area contributed by atoms with Crippen LogP contribution in [0.25, 0.3) is 0 Å². The largest absolute Gasteiger partial charge is 0.481 e. The fourth-order valence-electron chi connectivity index (χ4n) is 1.45. The van der Waals surface area contributed by atoms with E-state index in [1.807, 2.05) is 6.92 Å². The smallest absolute Gasteiger partial charge is 0.309 e. The van der Waals surface area contributed by atoms with Crippen molar-refractivity contribution in [2.45, 2.75) is 25.9 Å². The summed E-state index contributed by atoms with van der Waals surface area (Å²) in [6.07, 6.45) is 0.827. The molecular weight excluding hydrogens is 132 g/mol. The topological polar surface area (TPSA) is 57.5 Å². The predicted molar refractivity (Wildman–Crippen MR) is 35.5 cm³/mol.